The number of benzene rings is 2. The maximum Gasteiger partial charge on any atom is 0.135 e. The van der Waals surface area contributed by atoms with Crippen LogP contribution in [-0.2, 0) is 6.61 Å². The molecule has 0 aliphatic rings. The number of nitrogens with one attached hydrogen (secondary N) is 2. The Hall–Kier alpha value is -3.14. The lowest BCUT2D eigenvalue weighted by molar-refractivity contribution is 0.306. The SMILES string of the molecule is CCCCCCCCCCNc1ncccc1C(=N)c1ccc(OCc2ccccc2)cc1. The summed E-state index contributed by atoms with van der Waals surface area (Å²) in [6, 6.07) is 21.7. The summed E-state index contributed by atoms with van der Waals surface area (Å²) in [6.45, 7) is 3.68. The van der Waals surface area contributed by atoms with Gasteiger partial charge in [-0.15, -0.1) is 0 Å². The third kappa shape index (κ3) is 8.38. The molecule has 0 bridgehead atoms. The lowest BCUT2D eigenvalue weighted by atomic mass is 10.0. The zero-order valence-electron chi connectivity index (χ0n) is 19.9. The number of unbranched alkanes of at least 4 members (excludes halogenated alkanes) is 7. The van der Waals surface area contributed by atoms with Crippen LogP contribution in [0.15, 0.2) is 72.9 Å². The summed E-state index contributed by atoms with van der Waals surface area (Å²) in [4.78, 5) is 4.50. The van der Waals surface area contributed by atoms with E-state index in [1.165, 1.54) is 44.9 Å². The second-order valence-corrected chi connectivity index (χ2v) is 8.47. The van der Waals surface area contributed by atoms with Gasteiger partial charge in [-0.2, -0.15) is 0 Å². The number of hydrogen-bond donors (Lipinski definition) is 2. The number of anilines is 1. The molecule has 0 saturated carbocycles. The molecule has 0 amide bonds. The second kappa shape index (κ2) is 14.1. The standard InChI is InChI=1S/C29H37N3O/c1-2-3-4-5-6-7-8-12-21-31-29-27(16-13-22-32-29)28(30)25-17-19-26(20-18-25)33-23-24-14-10-9-11-15-24/h9-11,13-20,22,30H,2-8,12,21,23H2,1H3,(H,31,32). The minimum atomic E-state index is 0.469. The van der Waals surface area contributed by atoms with Crippen LogP contribution in [0.4, 0.5) is 5.82 Å². The van der Waals surface area contributed by atoms with Crippen LogP contribution in [0.3, 0.4) is 0 Å². The number of rotatable bonds is 15. The first-order valence-corrected chi connectivity index (χ1v) is 12.3. The fraction of sp³-hybridized carbons (Fsp3) is 0.379. The predicted molar refractivity (Wildman–Crippen MR) is 138 cm³/mol. The fourth-order valence-electron chi connectivity index (χ4n) is 3.83. The molecule has 0 atom stereocenters. The summed E-state index contributed by atoms with van der Waals surface area (Å²) in [7, 11) is 0. The summed E-state index contributed by atoms with van der Waals surface area (Å²) in [5, 5.41) is 12.2. The zero-order valence-corrected chi connectivity index (χ0v) is 19.9. The van der Waals surface area contributed by atoms with Crippen LogP contribution in [0.5, 0.6) is 5.75 Å². The Morgan fingerprint density at radius 2 is 1.52 bits per heavy atom. The van der Waals surface area contributed by atoms with Crippen molar-refractivity contribution in [3.8, 4) is 5.75 Å². The lowest BCUT2D eigenvalue weighted by Gasteiger charge is -2.13. The van der Waals surface area contributed by atoms with E-state index in [2.05, 4.69) is 29.4 Å². The molecule has 33 heavy (non-hydrogen) atoms. The Morgan fingerprint density at radius 3 is 2.24 bits per heavy atom. The van der Waals surface area contributed by atoms with Crippen LogP contribution >= 0.6 is 0 Å². The molecule has 2 aromatic carbocycles. The van der Waals surface area contributed by atoms with Gasteiger partial charge in [-0.05, 0) is 48.4 Å². The van der Waals surface area contributed by atoms with Gasteiger partial charge >= 0.3 is 0 Å². The molecule has 1 heterocycles. The van der Waals surface area contributed by atoms with Crippen molar-refractivity contribution in [2.24, 2.45) is 0 Å². The third-order valence-corrected chi connectivity index (χ3v) is 5.79. The highest BCUT2D eigenvalue weighted by molar-refractivity contribution is 6.13. The number of aromatic nitrogens is 1. The van der Waals surface area contributed by atoms with Crippen LogP contribution in [0, 0.1) is 5.41 Å². The highest BCUT2D eigenvalue weighted by atomic mass is 16.5. The predicted octanol–water partition coefficient (Wildman–Crippen LogP) is 7.63. The summed E-state index contributed by atoms with van der Waals surface area (Å²) in [5.74, 6) is 1.59. The molecule has 4 heteroatoms. The Balaban J connectivity index is 1.47. The molecule has 0 unspecified atom stereocenters. The molecule has 0 fully saturated rings. The minimum absolute atomic E-state index is 0.469. The molecule has 4 nitrogen and oxygen atoms in total. The zero-order chi connectivity index (χ0) is 23.1. The van der Waals surface area contributed by atoms with Crippen molar-refractivity contribution in [3.63, 3.8) is 0 Å². The van der Waals surface area contributed by atoms with Gasteiger partial charge in [0.1, 0.15) is 18.2 Å². The summed E-state index contributed by atoms with van der Waals surface area (Å²) in [6.07, 6.45) is 12.2. The molecule has 0 saturated heterocycles. The van der Waals surface area contributed by atoms with Gasteiger partial charge in [0.2, 0.25) is 0 Å². The van der Waals surface area contributed by atoms with Gasteiger partial charge in [0.15, 0.2) is 0 Å². The van der Waals surface area contributed by atoms with E-state index >= 15 is 0 Å². The molecule has 2 N–H and O–H groups in total. The lowest BCUT2D eigenvalue weighted by Crippen LogP contribution is -2.10. The van der Waals surface area contributed by atoms with Crippen molar-refractivity contribution in [3.05, 3.63) is 89.6 Å². The van der Waals surface area contributed by atoms with E-state index in [1.807, 2.05) is 54.6 Å². The molecule has 174 valence electrons. The monoisotopic (exact) mass is 443 g/mol. The van der Waals surface area contributed by atoms with Crippen LogP contribution in [0.25, 0.3) is 0 Å². The number of hydrogen-bond acceptors (Lipinski definition) is 4. The van der Waals surface area contributed by atoms with Crippen molar-refractivity contribution in [2.45, 2.75) is 64.9 Å². The largest absolute Gasteiger partial charge is 0.489 e. The van der Waals surface area contributed by atoms with Crippen molar-refractivity contribution in [1.29, 1.82) is 5.41 Å². The van der Waals surface area contributed by atoms with Gasteiger partial charge in [-0.3, -0.25) is 5.41 Å². The molecule has 0 aliphatic carbocycles. The Kier molecular flexibility index (Phi) is 10.5. The van der Waals surface area contributed by atoms with E-state index in [1.54, 1.807) is 6.20 Å². The van der Waals surface area contributed by atoms with Crippen molar-refractivity contribution < 1.29 is 4.74 Å². The fourth-order valence-corrected chi connectivity index (χ4v) is 3.83. The van der Waals surface area contributed by atoms with Crippen molar-refractivity contribution >= 4 is 11.5 Å². The number of nitrogens with zero attached hydrogens (tertiary/aromatic N) is 1. The highest BCUT2D eigenvalue weighted by Crippen LogP contribution is 2.20. The summed E-state index contributed by atoms with van der Waals surface area (Å²) in [5.41, 5.74) is 3.29. The first-order valence-electron chi connectivity index (χ1n) is 12.3. The number of pyridine rings is 1. The van der Waals surface area contributed by atoms with Crippen LogP contribution in [0.2, 0.25) is 0 Å². The number of ether oxygens (including phenoxy) is 1. The minimum Gasteiger partial charge on any atom is -0.489 e. The Morgan fingerprint density at radius 1 is 0.818 bits per heavy atom. The van der Waals surface area contributed by atoms with Gasteiger partial charge in [-0.1, -0.05) is 82.2 Å². The van der Waals surface area contributed by atoms with Crippen molar-refractivity contribution in [2.75, 3.05) is 11.9 Å². The normalized spacial score (nSPS) is 10.7. The van der Waals surface area contributed by atoms with Crippen LogP contribution < -0.4 is 10.1 Å². The van der Waals surface area contributed by atoms with Gasteiger partial charge in [0.05, 0.1) is 5.71 Å². The Labute approximate surface area is 198 Å². The first kappa shape index (κ1) is 24.5. The van der Waals surface area contributed by atoms with Gasteiger partial charge in [0, 0.05) is 23.9 Å². The smallest absolute Gasteiger partial charge is 0.135 e. The average Bonchev–Trinajstić information content (AvgIpc) is 2.87. The highest BCUT2D eigenvalue weighted by Gasteiger charge is 2.11. The quantitative estimate of drug-likeness (QED) is 0.187. The maximum atomic E-state index is 8.72. The van der Waals surface area contributed by atoms with Gasteiger partial charge in [0.25, 0.3) is 0 Å². The molecule has 0 radical (unpaired) electrons. The first-order chi connectivity index (χ1) is 16.3. The summed E-state index contributed by atoms with van der Waals surface area (Å²) < 4.78 is 5.87. The maximum absolute atomic E-state index is 8.72. The van der Waals surface area contributed by atoms with E-state index in [0.29, 0.717) is 12.3 Å². The van der Waals surface area contributed by atoms with Gasteiger partial charge < -0.3 is 10.1 Å². The molecule has 3 aromatic rings. The van der Waals surface area contributed by atoms with Crippen molar-refractivity contribution in [1.82, 2.24) is 4.98 Å². The van der Waals surface area contributed by atoms with E-state index in [9.17, 15) is 0 Å². The van der Waals surface area contributed by atoms with Crippen LogP contribution in [0.1, 0.15) is 75.0 Å². The summed E-state index contributed by atoms with van der Waals surface area (Å²) >= 11 is 0. The van der Waals surface area contributed by atoms with Gasteiger partial charge in [-0.25, -0.2) is 4.98 Å². The molecular formula is C29H37N3O. The molecule has 1 aromatic heterocycles. The van der Waals surface area contributed by atoms with E-state index in [4.69, 9.17) is 10.1 Å². The Bertz CT molecular complexity index is 954. The van der Waals surface area contributed by atoms with Crippen LogP contribution in [-0.4, -0.2) is 17.2 Å². The molecule has 0 spiro atoms. The molecule has 3 rings (SSSR count). The van der Waals surface area contributed by atoms with E-state index in [-0.39, 0.29) is 0 Å². The topological polar surface area (TPSA) is 58.0 Å². The van der Waals surface area contributed by atoms with E-state index in [0.717, 1.165) is 41.2 Å². The third-order valence-electron chi connectivity index (χ3n) is 5.79. The average molecular weight is 444 g/mol. The second-order valence-electron chi connectivity index (χ2n) is 8.47. The molecular weight excluding hydrogens is 406 g/mol. The van der Waals surface area contributed by atoms with E-state index < -0.39 is 0 Å². The molecule has 0 aliphatic heterocycles.